The van der Waals surface area contributed by atoms with Crippen molar-refractivity contribution in [1.82, 2.24) is 10.2 Å². The summed E-state index contributed by atoms with van der Waals surface area (Å²) in [5.41, 5.74) is -1.18. The molecule has 0 atom stereocenters. The normalized spacial score (nSPS) is 17.2. The Morgan fingerprint density at radius 3 is 2.06 bits per heavy atom. The zero-order valence-corrected chi connectivity index (χ0v) is 10.1. The standard InChI is InChI=1S/C11H22N2O4/c14-7-11(8-15,9-16)12-6-10(17)13-4-2-1-3-5-13/h12,14-16H,1-9H2. The third kappa shape index (κ3) is 3.92. The molecule has 17 heavy (non-hydrogen) atoms. The molecule has 0 aromatic carbocycles. The molecule has 100 valence electrons. The van der Waals surface area contributed by atoms with Gasteiger partial charge in [0.25, 0.3) is 0 Å². The van der Waals surface area contributed by atoms with Crippen LogP contribution >= 0.6 is 0 Å². The lowest BCUT2D eigenvalue weighted by molar-refractivity contribution is -0.131. The second kappa shape index (κ2) is 6.90. The topological polar surface area (TPSA) is 93.0 Å². The molecule has 1 heterocycles. The van der Waals surface area contributed by atoms with Gasteiger partial charge in [-0.3, -0.25) is 10.1 Å². The number of rotatable bonds is 6. The Labute approximate surface area is 101 Å². The van der Waals surface area contributed by atoms with Gasteiger partial charge in [-0.25, -0.2) is 0 Å². The number of hydrogen-bond acceptors (Lipinski definition) is 5. The number of aliphatic hydroxyl groups excluding tert-OH is 3. The summed E-state index contributed by atoms with van der Waals surface area (Å²) in [6.45, 7) is 0.339. The maximum Gasteiger partial charge on any atom is 0.236 e. The molecular formula is C11H22N2O4. The minimum Gasteiger partial charge on any atom is -0.394 e. The summed E-state index contributed by atoms with van der Waals surface area (Å²) in [6.07, 6.45) is 3.21. The van der Waals surface area contributed by atoms with Gasteiger partial charge < -0.3 is 20.2 Å². The molecule has 0 spiro atoms. The lowest BCUT2D eigenvalue weighted by atomic mass is 10.0. The summed E-state index contributed by atoms with van der Waals surface area (Å²) in [6, 6.07) is 0. The summed E-state index contributed by atoms with van der Waals surface area (Å²) in [7, 11) is 0. The predicted octanol–water partition coefficient (Wildman–Crippen LogP) is -1.70. The average Bonchev–Trinajstić information content (AvgIpc) is 2.41. The van der Waals surface area contributed by atoms with Gasteiger partial charge in [-0.1, -0.05) is 0 Å². The predicted molar refractivity (Wildman–Crippen MR) is 62.4 cm³/mol. The number of nitrogens with one attached hydrogen (secondary N) is 1. The van der Waals surface area contributed by atoms with Gasteiger partial charge in [-0.2, -0.15) is 0 Å². The zero-order chi connectivity index (χ0) is 12.7. The molecule has 1 amide bonds. The third-order valence-corrected chi connectivity index (χ3v) is 3.23. The molecule has 6 heteroatoms. The average molecular weight is 246 g/mol. The Bertz CT molecular complexity index is 229. The van der Waals surface area contributed by atoms with E-state index in [1.807, 2.05) is 0 Å². The molecule has 0 radical (unpaired) electrons. The van der Waals surface area contributed by atoms with Gasteiger partial charge in [0.15, 0.2) is 0 Å². The highest BCUT2D eigenvalue weighted by Gasteiger charge is 2.29. The third-order valence-electron chi connectivity index (χ3n) is 3.23. The molecule has 1 rings (SSSR count). The number of carbonyl (C=O) groups excluding carboxylic acids is 1. The Morgan fingerprint density at radius 1 is 1.06 bits per heavy atom. The highest BCUT2D eigenvalue weighted by Crippen LogP contribution is 2.09. The molecule has 6 nitrogen and oxygen atoms in total. The van der Waals surface area contributed by atoms with Crippen LogP contribution in [0.4, 0.5) is 0 Å². The van der Waals surface area contributed by atoms with E-state index in [2.05, 4.69) is 5.32 Å². The van der Waals surface area contributed by atoms with Crippen molar-refractivity contribution < 1.29 is 20.1 Å². The molecule has 0 saturated carbocycles. The molecule has 1 fully saturated rings. The SMILES string of the molecule is O=C(CNC(CO)(CO)CO)N1CCCCC1. The van der Waals surface area contributed by atoms with Gasteiger partial charge in [-0.05, 0) is 19.3 Å². The first kappa shape index (κ1) is 14.4. The van der Waals surface area contributed by atoms with Crippen LogP contribution in [0, 0.1) is 0 Å². The van der Waals surface area contributed by atoms with E-state index < -0.39 is 25.4 Å². The number of likely N-dealkylation sites (tertiary alicyclic amines) is 1. The first-order valence-electron chi connectivity index (χ1n) is 6.03. The van der Waals surface area contributed by atoms with Gasteiger partial charge in [0.1, 0.15) is 0 Å². The fraction of sp³-hybridized carbons (Fsp3) is 0.909. The fourth-order valence-electron chi connectivity index (χ4n) is 1.84. The van der Waals surface area contributed by atoms with Crippen molar-refractivity contribution >= 4 is 5.91 Å². The minimum atomic E-state index is -1.18. The summed E-state index contributed by atoms with van der Waals surface area (Å²) >= 11 is 0. The summed E-state index contributed by atoms with van der Waals surface area (Å²) in [4.78, 5) is 13.6. The van der Waals surface area contributed by atoms with Crippen molar-refractivity contribution in [2.24, 2.45) is 0 Å². The maximum absolute atomic E-state index is 11.8. The summed E-state index contributed by atoms with van der Waals surface area (Å²) < 4.78 is 0. The van der Waals surface area contributed by atoms with E-state index >= 15 is 0 Å². The Balaban J connectivity index is 2.40. The molecular weight excluding hydrogens is 224 g/mol. The van der Waals surface area contributed by atoms with Crippen molar-refractivity contribution in [3.63, 3.8) is 0 Å². The quantitative estimate of drug-likeness (QED) is 0.448. The lowest BCUT2D eigenvalue weighted by Crippen LogP contribution is -2.57. The van der Waals surface area contributed by atoms with E-state index in [1.54, 1.807) is 4.90 Å². The second-order valence-corrected chi connectivity index (χ2v) is 4.55. The number of hydrogen-bond donors (Lipinski definition) is 4. The van der Waals surface area contributed by atoms with Crippen LogP contribution in [0.1, 0.15) is 19.3 Å². The van der Waals surface area contributed by atoms with E-state index in [-0.39, 0.29) is 12.5 Å². The van der Waals surface area contributed by atoms with E-state index in [1.165, 1.54) is 0 Å². The number of nitrogens with zero attached hydrogens (tertiary/aromatic N) is 1. The van der Waals surface area contributed by atoms with Crippen molar-refractivity contribution in [2.45, 2.75) is 24.8 Å². The molecule has 1 aliphatic heterocycles. The van der Waals surface area contributed by atoms with E-state index in [0.29, 0.717) is 0 Å². The Kier molecular flexibility index (Phi) is 5.84. The summed E-state index contributed by atoms with van der Waals surface area (Å²) in [5.74, 6) is -0.0515. The van der Waals surface area contributed by atoms with Crippen molar-refractivity contribution in [3.05, 3.63) is 0 Å². The van der Waals surface area contributed by atoms with Crippen molar-refractivity contribution in [2.75, 3.05) is 39.5 Å². The van der Waals surface area contributed by atoms with Crippen molar-refractivity contribution in [1.29, 1.82) is 0 Å². The van der Waals surface area contributed by atoms with Gasteiger partial charge in [-0.15, -0.1) is 0 Å². The fourth-order valence-corrected chi connectivity index (χ4v) is 1.84. The number of aliphatic hydroxyl groups is 3. The van der Waals surface area contributed by atoms with Crippen LogP contribution in [0.15, 0.2) is 0 Å². The van der Waals surface area contributed by atoms with Gasteiger partial charge >= 0.3 is 0 Å². The number of amides is 1. The molecule has 1 aliphatic rings. The van der Waals surface area contributed by atoms with Gasteiger partial charge in [0.2, 0.25) is 5.91 Å². The highest BCUT2D eigenvalue weighted by atomic mass is 16.3. The second-order valence-electron chi connectivity index (χ2n) is 4.55. The Hall–Kier alpha value is -0.690. The first-order valence-corrected chi connectivity index (χ1v) is 6.03. The number of carbonyl (C=O) groups is 1. The number of piperidine rings is 1. The van der Waals surface area contributed by atoms with Crippen LogP contribution < -0.4 is 5.32 Å². The van der Waals surface area contributed by atoms with Gasteiger partial charge in [0, 0.05) is 13.1 Å². The molecule has 0 aliphatic carbocycles. The summed E-state index contributed by atoms with van der Waals surface area (Å²) in [5, 5.41) is 30.0. The van der Waals surface area contributed by atoms with Crippen LogP contribution in [-0.4, -0.2) is 71.1 Å². The van der Waals surface area contributed by atoms with Crippen LogP contribution in [-0.2, 0) is 4.79 Å². The molecule has 4 N–H and O–H groups in total. The van der Waals surface area contributed by atoms with Crippen LogP contribution in [0.5, 0.6) is 0 Å². The van der Waals surface area contributed by atoms with Crippen LogP contribution in [0.3, 0.4) is 0 Å². The van der Waals surface area contributed by atoms with Crippen molar-refractivity contribution in [3.8, 4) is 0 Å². The highest BCUT2D eigenvalue weighted by molar-refractivity contribution is 5.78. The van der Waals surface area contributed by atoms with Crippen LogP contribution in [0.25, 0.3) is 0 Å². The maximum atomic E-state index is 11.8. The van der Waals surface area contributed by atoms with E-state index in [9.17, 15) is 4.79 Å². The molecule has 0 bridgehead atoms. The largest absolute Gasteiger partial charge is 0.394 e. The lowest BCUT2D eigenvalue weighted by Gasteiger charge is -2.31. The van der Waals surface area contributed by atoms with E-state index in [4.69, 9.17) is 15.3 Å². The minimum absolute atomic E-state index is 0.0294. The Morgan fingerprint density at radius 2 is 1.59 bits per heavy atom. The zero-order valence-electron chi connectivity index (χ0n) is 10.1. The molecule has 0 aromatic rings. The van der Waals surface area contributed by atoms with Gasteiger partial charge in [0.05, 0.1) is 31.9 Å². The smallest absolute Gasteiger partial charge is 0.236 e. The molecule has 1 saturated heterocycles. The molecule has 0 aromatic heterocycles. The van der Waals surface area contributed by atoms with Crippen LogP contribution in [0.2, 0.25) is 0 Å². The van der Waals surface area contributed by atoms with E-state index in [0.717, 1.165) is 32.4 Å². The first-order chi connectivity index (χ1) is 8.17. The monoisotopic (exact) mass is 246 g/mol. The molecule has 0 unspecified atom stereocenters.